The van der Waals surface area contributed by atoms with Gasteiger partial charge in [-0.3, -0.25) is 9.59 Å². The van der Waals surface area contributed by atoms with Gasteiger partial charge in [0.1, 0.15) is 11.6 Å². The Bertz CT molecular complexity index is 400. The molecular formula is C10H11N3O2. The van der Waals surface area contributed by atoms with Crippen LogP contribution in [0, 0.1) is 6.92 Å². The third-order valence-electron chi connectivity index (χ3n) is 2.34. The topological polar surface area (TPSA) is 63.2 Å². The maximum absolute atomic E-state index is 11.5. The Morgan fingerprint density at radius 2 is 1.93 bits per heavy atom. The van der Waals surface area contributed by atoms with Gasteiger partial charge in [-0.25, -0.2) is 9.97 Å². The van der Waals surface area contributed by atoms with E-state index in [1.54, 1.807) is 24.2 Å². The highest BCUT2D eigenvalue weighted by molar-refractivity contribution is 6.08. The monoisotopic (exact) mass is 205 g/mol. The molecule has 1 amide bonds. The molecule has 78 valence electrons. The minimum Gasteiger partial charge on any atom is -0.309 e. The van der Waals surface area contributed by atoms with E-state index >= 15 is 0 Å². The average Bonchev–Trinajstić information content (AvgIpc) is 2.20. The van der Waals surface area contributed by atoms with Crippen LogP contribution in [-0.4, -0.2) is 28.2 Å². The summed E-state index contributed by atoms with van der Waals surface area (Å²) < 4.78 is 0. The fourth-order valence-electron chi connectivity index (χ4n) is 1.51. The lowest BCUT2D eigenvalue weighted by Crippen LogP contribution is -2.39. The van der Waals surface area contributed by atoms with E-state index in [0.717, 1.165) is 0 Å². The molecule has 0 N–H and O–H groups in total. The maximum Gasteiger partial charge on any atom is 0.234 e. The van der Waals surface area contributed by atoms with Crippen LogP contribution in [0.3, 0.4) is 0 Å². The normalized spacial score (nSPS) is 17.0. The van der Waals surface area contributed by atoms with Gasteiger partial charge in [0, 0.05) is 13.0 Å². The van der Waals surface area contributed by atoms with Crippen molar-refractivity contribution < 1.29 is 9.59 Å². The number of hydrogen-bond donors (Lipinski definition) is 0. The van der Waals surface area contributed by atoms with E-state index in [9.17, 15) is 9.59 Å². The predicted octanol–water partition coefficient (Wildman–Crippen LogP) is 0.481. The van der Waals surface area contributed by atoms with Crippen molar-refractivity contribution in [2.24, 2.45) is 0 Å². The first kappa shape index (κ1) is 9.76. The van der Waals surface area contributed by atoms with Crippen molar-refractivity contribution in [1.29, 1.82) is 0 Å². The van der Waals surface area contributed by atoms with Gasteiger partial charge in [-0.1, -0.05) is 0 Å². The molecule has 1 aromatic heterocycles. The van der Waals surface area contributed by atoms with Crippen LogP contribution >= 0.6 is 0 Å². The highest BCUT2D eigenvalue weighted by Gasteiger charge is 2.24. The number of carbonyl (C=O) groups is 2. The Morgan fingerprint density at radius 3 is 2.53 bits per heavy atom. The number of rotatable bonds is 1. The van der Waals surface area contributed by atoms with E-state index in [-0.39, 0.29) is 18.1 Å². The number of amides is 1. The highest BCUT2D eigenvalue weighted by Crippen LogP contribution is 2.17. The van der Waals surface area contributed by atoms with E-state index in [4.69, 9.17) is 0 Å². The summed E-state index contributed by atoms with van der Waals surface area (Å²) in [6.07, 6.45) is 3.62. The molecule has 1 aromatic rings. The Balaban J connectivity index is 2.20. The molecule has 0 atom stereocenters. The summed E-state index contributed by atoms with van der Waals surface area (Å²) in [6.45, 7) is 2.22. The first-order valence-corrected chi connectivity index (χ1v) is 4.77. The van der Waals surface area contributed by atoms with E-state index in [2.05, 4.69) is 9.97 Å². The summed E-state index contributed by atoms with van der Waals surface area (Å²) in [7, 11) is 0. The van der Waals surface area contributed by atoms with Gasteiger partial charge >= 0.3 is 0 Å². The predicted molar refractivity (Wildman–Crippen MR) is 53.4 cm³/mol. The van der Waals surface area contributed by atoms with Gasteiger partial charge in [-0.2, -0.15) is 0 Å². The fraction of sp³-hybridized carbons (Fsp3) is 0.400. The van der Waals surface area contributed by atoms with Crippen LogP contribution in [0.25, 0.3) is 0 Å². The van der Waals surface area contributed by atoms with E-state index in [1.807, 2.05) is 0 Å². The highest BCUT2D eigenvalue weighted by atomic mass is 16.2. The van der Waals surface area contributed by atoms with Crippen molar-refractivity contribution in [3.8, 4) is 0 Å². The number of nitrogens with zero attached hydrogens (tertiary/aromatic N) is 3. The quantitative estimate of drug-likeness (QED) is 0.625. The maximum atomic E-state index is 11.5. The van der Waals surface area contributed by atoms with Crippen LogP contribution in [0.4, 0.5) is 5.69 Å². The molecule has 1 saturated heterocycles. The molecule has 0 aliphatic carbocycles. The molecule has 5 heteroatoms. The molecule has 0 unspecified atom stereocenters. The zero-order valence-electron chi connectivity index (χ0n) is 8.43. The second kappa shape index (κ2) is 3.76. The molecule has 2 heterocycles. The molecule has 1 aliphatic heterocycles. The number of anilines is 1. The van der Waals surface area contributed by atoms with Crippen molar-refractivity contribution in [3.05, 3.63) is 18.2 Å². The van der Waals surface area contributed by atoms with Gasteiger partial charge in [0.25, 0.3) is 0 Å². The number of carbonyl (C=O) groups excluding carboxylic acids is 2. The third-order valence-corrected chi connectivity index (χ3v) is 2.34. The Hall–Kier alpha value is -1.78. The minimum atomic E-state index is -0.168. The number of aromatic nitrogens is 2. The molecular weight excluding hydrogens is 194 g/mol. The van der Waals surface area contributed by atoms with Crippen LogP contribution in [0.5, 0.6) is 0 Å². The van der Waals surface area contributed by atoms with Crippen molar-refractivity contribution in [2.45, 2.75) is 19.8 Å². The molecule has 0 bridgehead atoms. The third kappa shape index (κ3) is 2.01. The van der Waals surface area contributed by atoms with E-state index < -0.39 is 0 Å². The first-order chi connectivity index (χ1) is 7.16. The van der Waals surface area contributed by atoms with Crippen molar-refractivity contribution in [3.63, 3.8) is 0 Å². The smallest absolute Gasteiger partial charge is 0.234 e. The summed E-state index contributed by atoms with van der Waals surface area (Å²) in [5, 5.41) is 0. The number of aryl methyl sites for hydroxylation is 1. The molecule has 1 fully saturated rings. The average molecular weight is 205 g/mol. The van der Waals surface area contributed by atoms with Crippen LogP contribution in [-0.2, 0) is 9.59 Å². The lowest BCUT2D eigenvalue weighted by Gasteiger charge is -2.25. The van der Waals surface area contributed by atoms with Crippen molar-refractivity contribution in [2.75, 3.05) is 11.4 Å². The van der Waals surface area contributed by atoms with Crippen molar-refractivity contribution in [1.82, 2.24) is 9.97 Å². The Labute approximate surface area is 87.1 Å². The number of piperidine rings is 1. The summed E-state index contributed by atoms with van der Waals surface area (Å²) in [6, 6.07) is 0. The van der Waals surface area contributed by atoms with Gasteiger partial charge in [0.2, 0.25) is 5.91 Å². The van der Waals surface area contributed by atoms with Gasteiger partial charge < -0.3 is 4.90 Å². The second-order valence-corrected chi connectivity index (χ2v) is 3.50. The van der Waals surface area contributed by atoms with Crippen LogP contribution < -0.4 is 4.90 Å². The second-order valence-electron chi connectivity index (χ2n) is 3.50. The zero-order chi connectivity index (χ0) is 10.8. The fourth-order valence-corrected chi connectivity index (χ4v) is 1.51. The van der Waals surface area contributed by atoms with Crippen molar-refractivity contribution >= 4 is 17.4 Å². The molecule has 0 radical (unpaired) electrons. The number of ketones is 1. The summed E-state index contributed by atoms with van der Waals surface area (Å²) in [5.74, 6) is 0.502. The molecule has 0 saturated carbocycles. The van der Waals surface area contributed by atoms with Gasteiger partial charge in [0.05, 0.1) is 24.5 Å². The molecule has 2 rings (SSSR count). The molecule has 5 nitrogen and oxygen atoms in total. The van der Waals surface area contributed by atoms with Gasteiger partial charge in [0.15, 0.2) is 0 Å². The molecule has 0 aromatic carbocycles. The van der Waals surface area contributed by atoms with Gasteiger partial charge in [-0.05, 0) is 6.92 Å². The standard InChI is InChI=1S/C10H11N3O2/c1-7-11-5-8(6-12-7)13-3-2-9(14)4-10(13)15/h5-6H,2-4H2,1H3. The van der Waals surface area contributed by atoms with Crippen LogP contribution in [0.15, 0.2) is 12.4 Å². The minimum absolute atomic E-state index is 0.00396. The Morgan fingerprint density at radius 1 is 1.27 bits per heavy atom. The van der Waals surface area contributed by atoms with Crippen LogP contribution in [0.1, 0.15) is 18.7 Å². The molecule has 1 aliphatic rings. The Kier molecular flexibility index (Phi) is 2.45. The summed E-state index contributed by atoms with van der Waals surface area (Å²) >= 11 is 0. The SMILES string of the molecule is Cc1ncc(N2CCC(=O)CC2=O)cn1. The summed E-state index contributed by atoms with van der Waals surface area (Å²) in [5.41, 5.74) is 0.665. The first-order valence-electron chi connectivity index (χ1n) is 4.77. The van der Waals surface area contributed by atoms with E-state index in [1.165, 1.54) is 0 Å². The van der Waals surface area contributed by atoms with Crippen LogP contribution in [0.2, 0.25) is 0 Å². The largest absolute Gasteiger partial charge is 0.309 e. The molecule has 15 heavy (non-hydrogen) atoms. The molecule has 0 spiro atoms. The number of hydrogen-bond acceptors (Lipinski definition) is 4. The number of Topliss-reactive ketones (excluding diaryl/α,β-unsaturated/α-hetero) is 1. The zero-order valence-corrected chi connectivity index (χ0v) is 8.43. The lowest BCUT2D eigenvalue weighted by molar-refractivity contribution is -0.128. The van der Waals surface area contributed by atoms with Gasteiger partial charge in [-0.15, -0.1) is 0 Å². The van der Waals surface area contributed by atoms with E-state index in [0.29, 0.717) is 24.5 Å². The lowest BCUT2D eigenvalue weighted by atomic mass is 10.1. The summed E-state index contributed by atoms with van der Waals surface area (Å²) in [4.78, 5) is 32.2.